The van der Waals surface area contributed by atoms with Crippen LogP contribution in [0.3, 0.4) is 0 Å². The molecule has 0 spiro atoms. The third-order valence-electron chi connectivity index (χ3n) is 7.24. The number of ether oxygens (including phenoxy) is 1. The Labute approximate surface area is 376 Å². The fourth-order valence-electron chi connectivity index (χ4n) is 4.69. The lowest BCUT2D eigenvalue weighted by Gasteiger charge is -2.19. The lowest BCUT2D eigenvalue weighted by molar-refractivity contribution is -0.287. The molecular formula is C28H20BBr3F16N10O4S2. The van der Waals surface area contributed by atoms with Crippen LogP contribution >= 0.6 is 69.9 Å². The molecule has 354 valence electrons. The van der Waals surface area contributed by atoms with Crippen molar-refractivity contribution in [3.05, 3.63) is 66.9 Å². The summed E-state index contributed by atoms with van der Waals surface area (Å²) in [5.41, 5.74) is -9.55. The minimum Gasteiger partial charge on any atom is -0.389 e. The number of methoxy groups -OCH3 is 1. The number of alkyl halides is 16. The Morgan fingerprint density at radius 2 is 1.00 bits per heavy atom. The van der Waals surface area contributed by atoms with Gasteiger partial charge in [0.1, 0.15) is 23.1 Å². The van der Waals surface area contributed by atoms with Gasteiger partial charge in [-0.1, -0.05) is 30.1 Å². The molecule has 0 radical (unpaired) electrons. The third kappa shape index (κ3) is 12.6. The maximum atomic E-state index is 13.5. The minimum absolute atomic E-state index is 0. The first-order valence-corrected chi connectivity index (χ1v) is 20.1. The van der Waals surface area contributed by atoms with Crippen molar-refractivity contribution in [2.75, 3.05) is 7.11 Å². The maximum absolute atomic E-state index is 13.5. The summed E-state index contributed by atoms with van der Waals surface area (Å²) in [4.78, 5) is 30.9. The second kappa shape index (κ2) is 20.0. The molecule has 0 amide bonds. The minimum atomic E-state index is -5.91. The van der Waals surface area contributed by atoms with E-state index in [1.165, 1.54) is 7.11 Å². The number of hydrogen-bond acceptors (Lipinski definition) is 12. The summed E-state index contributed by atoms with van der Waals surface area (Å²) in [7, 11) is 1.29. The molecule has 6 aromatic heterocycles. The van der Waals surface area contributed by atoms with Gasteiger partial charge in [-0.3, -0.25) is 19.0 Å². The van der Waals surface area contributed by atoms with Crippen LogP contribution in [0.15, 0.2) is 34.4 Å². The van der Waals surface area contributed by atoms with E-state index in [-0.39, 0.29) is 36.6 Å². The topological polar surface area (TPSA) is 160 Å². The van der Waals surface area contributed by atoms with Crippen molar-refractivity contribution in [1.82, 2.24) is 48.8 Å². The molecule has 0 bridgehead atoms. The van der Waals surface area contributed by atoms with Crippen LogP contribution in [-0.2, 0) is 43.4 Å². The molecule has 0 saturated heterocycles. The molecule has 6 heterocycles. The van der Waals surface area contributed by atoms with Crippen molar-refractivity contribution in [2.45, 2.75) is 70.3 Å². The largest absolute Gasteiger partial charge is 0.455 e. The van der Waals surface area contributed by atoms with Gasteiger partial charge in [-0.2, -0.15) is 99.7 Å². The predicted molar refractivity (Wildman–Crippen MR) is 205 cm³/mol. The summed E-state index contributed by atoms with van der Waals surface area (Å²) in [5.74, 6) is -10.4. The normalized spacial score (nSPS) is 12.8. The van der Waals surface area contributed by atoms with E-state index < -0.39 is 111 Å². The fourth-order valence-corrected chi connectivity index (χ4v) is 6.29. The monoisotopic (exact) mass is 1180 g/mol. The summed E-state index contributed by atoms with van der Waals surface area (Å²) in [6, 6.07) is 0. The highest BCUT2D eigenvalue weighted by atomic mass is 79.9. The Morgan fingerprint density at radius 1 is 0.656 bits per heavy atom. The van der Waals surface area contributed by atoms with Crippen molar-refractivity contribution in [3.63, 3.8) is 0 Å². The molecule has 6 aromatic rings. The number of aromatic nitrogens is 10. The summed E-state index contributed by atoms with van der Waals surface area (Å²) in [6.45, 7) is -4.78. The van der Waals surface area contributed by atoms with Crippen LogP contribution in [0.4, 0.5) is 70.2 Å². The van der Waals surface area contributed by atoms with Gasteiger partial charge in [0.2, 0.25) is 9.92 Å². The quantitative estimate of drug-likeness (QED) is 0.109. The van der Waals surface area contributed by atoms with Gasteiger partial charge < -0.3 is 9.84 Å². The highest BCUT2D eigenvalue weighted by molar-refractivity contribution is 9.69. The van der Waals surface area contributed by atoms with Crippen molar-refractivity contribution in [3.8, 4) is 22.3 Å². The van der Waals surface area contributed by atoms with E-state index in [1.54, 1.807) is 0 Å². The molecule has 64 heavy (non-hydrogen) atoms. The zero-order chi connectivity index (χ0) is 47.8. The first kappa shape index (κ1) is 54.6. The highest BCUT2D eigenvalue weighted by Crippen LogP contribution is 2.40. The Bertz CT molecular complexity index is 2670. The van der Waals surface area contributed by atoms with Crippen LogP contribution in [-0.4, -0.2) is 88.4 Å². The molecular weight excluding hydrogens is 1160 g/mol. The SMILES string of the molecule is BrB(Br)Br.C.COCc1nn2c(=O)c(-c3cnn(CC(F)(F)C(F)(F)F)c3)c(C(F)(F)F)nc2s1.O=c1c(-c2cnn(CC(F)(F)C(F)(F)F)c2)c(C(F)(F)F)nc2sc(CO)nn12. The fraction of sp³-hybridized carbons (Fsp3) is 0.429. The number of aliphatic hydroxyl groups excluding tert-OH is 1. The van der Waals surface area contributed by atoms with E-state index >= 15 is 0 Å². The number of fused-ring (bicyclic) bond motifs is 2. The Hall–Kier alpha value is -3.74. The van der Waals surface area contributed by atoms with E-state index in [0.29, 0.717) is 56.5 Å². The highest BCUT2D eigenvalue weighted by Gasteiger charge is 2.58. The van der Waals surface area contributed by atoms with E-state index in [1.807, 2.05) is 0 Å². The van der Waals surface area contributed by atoms with Crippen LogP contribution in [0.1, 0.15) is 28.8 Å². The van der Waals surface area contributed by atoms with E-state index in [0.717, 1.165) is 0 Å². The lowest BCUT2D eigenvalue weighted by Crippen LogP contribution is -2.40. The summed E-state index contributed by atoms with van der Waals surface area (Å²) in [6.07, 6.45) is -20.1. The summed E-state index contributed by atoms with van der Waals surface area (Å²) >= 11 is 10.5. The molecule has 0 aliphatic heterocycles. The first-order chi connectivity index (χ1) is 28.7. The number of halogens is 19. The average molecular weight is 1180 g/mol. The molecule has 0 atom stereocenters. The van der Waals surface area contributed by atoms with Crippen LogP contribution < -0.4 is 11.1 Å². The zero-order valence-electron chi connectivity index (χ0n) is 29.9. The molecule has 14 nitrogen and oxygen atoms in total. The maximum Gasteiger partial charge on any atom is 0.455 e. The van der Waals surface area contributed by atoms with Gasteiger partial charge in [-0.15, -0.1) is 47.3 Å². The molecule has 36 heteroatoms. The standard InChI is InChI=1S/C14H9F8N5O2S.C13H7F8N5O2S.CH4.BBr3/c1-29-4-7-25-27-10(28)8(9(13(17,18)19)24-11(27)30-7)6-2-23-26(3-6)5-12(15,16)14(20,21)22;14-11(15,13(19,20)21)4-25-2-5(1-22-25)7-8(12(16,17)18)23-10-26(9(7)28)24-6(3-27)29-10;;2-1(3)4/h2-3H,4-5H2,1H3;1-2,27H,3-4H2;1H4;. The average Bonchev–Trinajstić information content (AvgIpc) is 3.93. The van der Waals surface area contributed by atoms with Gasteiger partial charge >= 0.3 is 39.7 Å². The van der Waals surface area contributed by atoms with Crippen LogP contribution in [0, 0.1) is 0 Å². The van der Waals surface area contributed by atoms with Gasteiger partial charge in [-0.25, -0.2) is 9.97 Å². The molecule has 0 fully saturated rings. The van der Waals surface area contributed by atoms with Gasteiger partial charge in [0, 0.05) is 30.6 Å². The Kier molecular flexibility index (Phi) is 17.1. The van der Waals surface area contributed by atoms with Crippen LogP contribution in [0.2, 0.25) is 0 Å². The van der Waals surface area contributed by atoms with Gasteiger partial charge in [-0.05, 0) is 0 Å². The molecule has 6 rings (SSSR count). The van der Waals surface area contributed by atoms with E-state index in [4.69, 9.17) is 9.84 Å². The molecule has 0 aliphatic carbocycles. The molecule has 0 unspecified atom stereocenters. The van der Waals surface area contributed by atoms with Crippen molar-refractivity contribution in [2.24, 2.45) is 0 Å². The Morgan fingerprint density at radius 3 is 1.31 bits per heavy atom. The molecule has 0 aliphatic rings. The van der Waals surface area contributed by atoms with Crippen molar-refractivity contribution >= 4 is 83.1 Å². The Balaban J connectivity index is 0.000000310. The summed E-state index contributed by atoms with van der Waals surface area (Å²) < 4.78 is 214. The second-order valence-electron chi connectivity index (χ2n) is 11.8. The van der Waals surface area contributed by atoms with Crippen molar-refractivity contribution < 1.29 is 80.1 Å². The smallest absolute Gasteiger partial charge is 0.389 e. The molecule has 1 N–H and O–H groups in total. The van der Waals surface area contributed by atoms with Gasteiger partial charge in [0.15, 0.2) is 11.4 Å². The number of rotatable bonds is 9. The van der Waals surface area contributed by atoms with Gasteiger partial charge in [0.05, 0.1) is 36.7 Å². The molecule has 0 saturated carbocycles. The zero-order valence-corrected chi connectivity index (χ0v) is 36.2. The number of hydrogen-bond donors (Lipinski definition) is 1. The molecule has 0 aromatic carbocycles. The van der Waals surface area contributed by atoms with Crippen LogP contribution in [0.25, 0.3) is 32.2 Å². The van der Waals surface area contributed by atoms with Crippen molar-refractivity contribution in [1.29, 1.82) is 0 Å². The van der Waals surface area contributed by atoms with Gasteiger partial charge in [0.25, 0.3) is 11.1 Å². The summed E-state index contributed by atoms with van der Waals surface area (Å²) in [5, 5.41) is 22.8. The predicted octanol–water partition coefficient (Wildman–Crippen LogP) is 8.89. The number of nitrogens with zero attached hydrogens (tertiary/aromatic N) is 10. The second-order valence-corrected chi connectivity index (χ2v) is 20.3. The van der Waals surface area contributed by atoms with E-state index in [9.17, 15) is 79.8 Å². The van der Waals surface area contributed by atoms with E-state index in [2.05, 4.69) is 77.6 Å². The number of aliphatic hydroxyl groups is 1. The first-order valence-electron chi connectivity index (χ1n) is 15.7. The van der Waals surface area contributed by atoms with Crippen LogP contribution in [0.5, 0.6) is 0 Å². The lowest BCUT2D eigenvalue weighted by atomic mass is 10.1. The third-order valence-corrected chi connectivity index (χ3v) is 9.01.